The lowest BCUT2D eigenvalue weighted by Gasteiger charge is -2.15. The van der Waals surface area contributed by atoms with E-state index >= 15 is 0 Å². The van der Waals surface area contributed by atoms with Crippen molar-refractivity contribution in [2.45, 2.75) is 6.04 Å². The summed E-state index contributed by atoms with van der Waals surface area (Å²) in [7, 11) is 1.58. The molecule has 2 rings (SSSR count). The summed E-state index contributed by atoms with van der Waals surface area (Å²) >= 11 is 9.15. The SMILES string of the molecule is COc1ccc(C(N)c2cccc(Cl)c2F)cc1Br. The molecule has 1 unspecified atom stereocenters. The molecule has 0 saturated heterocycles. The van der Waals surface area contributed by atoms with E-state index in [4.69, 9.17) is 22.1 Å². The van der Waals surface area contributed by atoms with E-state index in [0.29, 0.717) is 11.3 Å². The van der Waals surface area contributed by atoms with Crippen molar-refractivity contribution in [2.24, 2.45) is 5.73 Å². The Morgan fingerprint density at radius 1 is 1.32 bits per heavy atom. The predicted molar refractivity (Wildman–Crippen MR) is 78.1 cm³/mol. The Hall–Kier alpha value is -1.10. The first kappa shape index (κ1) is 14.3. The van der Waals surface area contributed by atoms with Crippen LogP contribution in [0.5, 0.6) is 5.75 Å². The molecule has 0 bridgehead atoms. The number of hydrogen-bond acceptors (Lipinski definition) is 2. The summed E-state index contributed by atoms with van der Waals surface area (Å²) in [6.45, 7) is 0. The molecule has 0 spiro atoms. The van der Waals surface area contributed by atoms with Gasteiger partial charge in [-0.05, 0) is 39.7 Å². The minimum atomic E-state index is -0.582. The molecule has 1 atom stereocenters. The Morgan fingerprint density at radius 3 is 2.68 bits per heavy atom. The third-order valence-electron chi connectivity index (χ3n) is 2.85. The molecule has 0 amide bonds. The Balaban J connectivity index is 2.41. The molecule has 0 heterocycles. The van der Waals surface area contributed by atoms with Crippen LogP contribution in [0.25, 0.3) is 0 Å². The molecular weight excluding hydrogens is 333 g/mol. The molecule has 0 aliphatic carbocycles. The summed E-state index contributed by atoms with van der Waals surface area (Å²) in [6, 6.07) is 9.61. The topological polar surface area (TPSA) is 35.2 Å². The van der Waals surface area contributed by atoms with Gasteiger partial charge < -0.3 is 10.5 Å². The van der Waals surface area contributed by atoms with Crippen LogP contribution in [0.15, 0.2) is 40.9 Å². The monoisotopic (exact) mass is 343 g/mol. The van der Waals surface area contributed by atoms with Gasteiger partial charge in [0.1, 0.15) is 11.6 Å². The summed E-state index contributed by atoms with van der Waals surface area (Å²) in [5.74, 6) is 0.214. The highest BCUT2D eigenvalue weighted by molar-refractivity contribution is 9.10. The maximum Gasteiger partial charge on any atom is 0.146 e. The second-order valence-electron chi connectivity index (χ2n) is 4.01. The molecule has 19 heavy (non-hydrogen) atoms. The van der Waals surface area contributed by atoms with Crippen molar-refractivity contribution < 1.29 is 9.13 Å². The lowest BCUT2D eigenvalue weighted by atomic mass is 9.99. The van der Waals surface area contributed by atoms with Crippen LogP contribution in [0.2, 0.25) is 5.02 Å². The molecule has 0 radical (unpaired) electrons. The van der Waals surface area contributed by atoms with Crippen LogP contribution in [0.4, 0.5) is 4.39 Å². The Labute approximate surface area is 124 Å². The van der Waals surface area contributed by atoms with E-state index in [9.17, 15) is 4.39 Å². The van der Waals surface area contributed by atoms with Gasteiger partial charge in [-0.25, -0.2) is 4.39 Å². The van der Waals surface area contributed by atoms with Crippen LogP contribution < -0.4 is 10.5 Å². The molecular formula is C14H12BrClFNO. The van der Waals surface area contributed by atoms with Crippen LogP contribution in [0.1, 0.15) is 17.2 Å². The molecule has 2 N–H and O–H groups in total. The van der Waals surface area contributed by atoms with Crippen LogP contribution in [-0.4, -0.2) is 7.11 Å². The predicted octanol–water partition coefficient (Wildman–Crippen LogP) is 4.30. The first-order valence-corrected chi connectivity index (χ1v) is 6.74. The van der Waals surface area contributed by atoms with Gasteiger partial charge in [-0.2, -0.15) is 0 Å². The highest BCUT2D eigenvalue weighted by atomic mass is 79.9. The summed E-state index contributed by atoms with van der Waals surface area (Å²) in [5.41, 5.74) is 7.22. The summed E-state index contributed by atoms with van der Waals surface area (Å²) in [6.07, 6.45) is 0. The highest BCUT2D eigenvalue weighted by Gasteiger charge is 2.16. The first-order chi connectivity index (χ1) is 9.04. The van der Waals surface area contributed by atoms with Crippen molar-refractivity contribution in [3.05, 3.63) is 62.8 Å². The highest BCUT2D eigenvalue weighted by Crippen LogP contribution is 2.31. The minimum absolute atomic E-state index is 0.0699. The average molecular weight is 345 g/mol. The van der Waals surface area contributed by atoms with Gasteiger partial charge in [-0.3, -0.25) is 0 Å². The molecule has 0 aliphatic heterocycles. The number of benzene rings is 2. The lowest BCUT2D eigenvalue weighted by molar-refractivity contribution is 0.412. The van der Waals surface area contributed by atoms with Gasteiger partial charge >= 0.3 is 0 Å². The maximum absolute atomic E-state index is 13.9. The number of nitrogens with two attached hydrogens (primary N) is 1. The summed E-state index contributed by atoms with van der Waals surface area (Å²) < 4.78 is 19.8. The molecule has 2 aromatic carbocycles. The number of rotatable bonds is 3. The fourth-order valence-corrected chi connectivity index (χ4v) is 2.56. The third-order valence-corrected chi connectivity index (χ3v) is 3.76. The number of methoxy groups -OCH3 is 1. The van der Waals surface area contributed by atoms with E-state index in [2.05, 4.69) is 15.9 Å². The quantitative estimate of drug-likeness (QED) is 0.901. The molecule has 100 valence electrons. The van der Waals surface area contributed by atoms with E-state index < -0.39 is 11.9 Å². The molecule has 0 saturated carbocycles. The van der Waals surface area contributed by atoms with Crippen LogP contribution in [0, 0.1) is 5.82 Å². The molecule has 2 aromatic rings. The average Bonchev–Trinajstić information content (AvgIpc) is 2.41. The van der Waals surface area contributed by atoms with E-state index in [1.807, 2.05) is 6.07 Å². The van der Waals surface area contributed by atoms with Crippen LogP contribution in [0.3, 0.4) is 0 Å². The summed E-state index contributed by atoms with van der Waals surface area (Å²) in [4.78, 5) is 0. The van der Waals surface area contributed by atoms with Crippen LogP contribution in [-0.2, 0) is 0 Å². The molecule has 0 aromatic heterocycles. The van der Waals surface area contributed by atoms with Crippen LogP contribution >= 0.6 is 27.5 Å². The molecule has 2 nitrogen and oxygen atoms in total. The zero-order chi connectivity index (χ0) is 14.0. The van der Waals surface area contributed by atoms with Gasteiger partial charge in [-0.15, -0.1) is 0 Å². The van der Waals surface area contributed by atoms with Crippen molar-refractivity contribution in [1.29, 1.82) is 0 Å². The fraction of sp³-hybridized carbons (Fsp3) is 0.143. The van der Waals surface area contributed by atoms with Gasteiger partial charge in [0.2, 0.25) is 0 Å². The second-order valence-corrected chi connectivity index (χ2v) is 5.28. The third kappa shape index (κ3) is 2.91. The van der Waals surface area contributed by atoms with E-state index in [-0.39, 0.29) is 5.02 Å². The van der Waals surface area contributed by atoms with E-state index in [1.165, 1.54) is 6.07 Å². The molecule has 0 aliphatic rings. The van der Waals surface area contributed by atoms with Gasteiger partial charge in [-0.1, -0.05) is 29.8 Å². The fourth-order valence-electron chi connectivity index (χ4n) is 1.82. The van der Waals surface area contributed by atoms with Crippen molar-refractivity contribution >= 4 is 27.5 Å². The summed E-state index contributed by atoms with van der Waals surface area (Å²) in [5, 5.41) is 0.0699. The maximum atomic E-state index is 13.9. The molecule has 0 fully saturated rings. The van der Waals surface area contributed by atoms with Crippen molar-refractivity contribution in [3.8, 4) is 5.75 Å². The second kappa shape index (κ2) is 5.90. The Kier molecular flexibility index (Phi) is 4.45. The smallest absolute Gasteiger partial charge is 0.146 e. The normalized spacial score (nSPS) is 12.3. The van der Waals surface area contributed by atoms with Crippen molar-refractivity contribution in [2.75, 3.05) is 7.11 Å². The zero-order valence-electron chi connectivity index (χ0n) is 10.2. The first-order valence-electron chi connectivity index (χ1n) is 5.57. The zero-order valence-corrected chi connectivity index (χ0v) is 12.5. The Morgan fingerprint density at radius 2 is 2.05 bits per heavy atom. The number of halogens is 3. The van der Waals surface area contributed by atoms with Gasteiger partial charge in [0.05, 0.1) is 22.6 Å². The van der Waals surface area contributed by atoms with Crippen molar-refractivity contribution in [3.63, 3.8) is 0 Å². The Bertz CT molecular complexity index is 606. The minimum Gasteiger partial charge on any atom is -0.496 e. The van der Waals surface area contributed by atoms with Gasteiger partial charge in [0.25, 0.3) is 0 Å². The lowest BCUT2D eigenvalue weighted by Crippen LogP contribution is -2.13. The van der Waals surface area contributed by atoms with E-state index in [0.717, 1.165) is 10.0 Å². The number of hydrogen-bond donors (Lipinski definition) is 1. The van der Waals surface area contributed by atoms with Crippen molar-refractivity contribution in [1.82, 2.24) is 0 Å². The van der Waals surface area contributed by atoms with Gasteiger partial charge in [0, 0.05) is 5.56 Å². The molecule has 5 heteroatoms. The number of ether oxygens (including phenoxy) is 1. The largest absolute Gasteiger partial charge is 0.496 e. The standard InChI is InChI=1S/C14H12BrClFNO/c1-19-12-6-5-8(7-10(12)15)14(18)9-3-2-4-11(16)13(9)17/h2-7,14H,18H2,1H3. The van der Waals surface area contributed by atoms with Gasteiger partial charge in [0.15, 0.2) is 0 Å². The van der Waals surface area contributed by atoms with E-state index in [1.54, 1.807) is 31.4 Å².